The first kappa shape index (κ1) is 9.97. The van der Waals surface area contributed by atoms with Crippen LogP contribution in [0.2, 0.25) is 0 Å². The number of hydrogen-bond acceptors (Lipinski definition) is 2. The van der Waals surface area contributed by atoms with Gasteiger partial charge in [-0.2, -0.15) is 0 Å². The topological polar surface area (TPSA) is 46.3 Å². The van der Waals surface area contributed by atoms with Crippen LogP contribution < -0.4 is 5.73 Å². The van der Waals surface area contributed by atoms with Crippen LogP contribution in [0.1, 0.15) is 33.1 Å². The van der Waals surface area contributed by atoms with Crippen molar-refractivity contribution in [1.29, 1.82) is 0 Å². The number of rotatable bonds is 3. The largest absolute Gasteiger partial charge is 0.337 e. The molecule has 2 N–H and O–H groups in total. The molecule has 1 aliphatic carbocycles. The van der Waals surface area contributed by atoms with Crippen molar-refractivity contribution in [1.82, 2.24) is 4.90 Å². The highest BCUT2D eigenvalue weighted by atomic mass is 16.2. The van der Waals surface area contributed by atoms with Crippen molar-refractivity contribution in [3.8, 4) is 0 Å². The molecule has 1 amide bonds. The normalized spacial score (nSPS) is 28.6. The third kappa shape index (κ3) is 1.54. The van der Waals surface area contributed by atoms with Gasteiger partial charge in [-0.25, -0.2) is 0 Å². The van der Waals surface area contributed by atoms with Gasteiger partial charge in [0, 0.05) is 18.5 Å². The smallest absolute Gasteiger partial charge is 0.223 e. The van der Waals surface area contributed by atoms with Gasteiger partial charge in [0.05, 0.1) is 0 Å². The van der Waals surface area contributed by atoms with E-state index < -0.39 is 0 Å². The highest BCUT2D eigenvalue weighted by Crippen LogP contribution is 2.44. The van der Waals surface area contributed by atoms with Gasteiger partial charge in [-0.15, -0.1) is 0 Å². The molecule has 14 heavy (non-hydrogen) atoms. The van der Waals surface area contributed by atoms with Crippen LogP contribution >= 0.6 is 0 Å². The summed E-state index contributed by atoms with van der Waals surface area (Å²) < 4.78 is 0. The molecule has 3 nitrogen and oxygen atoms in total. The van der Waals surface area contributed by atoms with Crippen LogP contribution in [0.25, 0.3) is 0 Å². The van der Waals surface area contributed by atoms with E-state index in [0.29, 0.717) is 24.8 Å². The van der Waals surface area contributed by atoms with Crippen molar-refractivity contribution >= 4 is 5.91 Å². The van der Waals surface area contributed by atoms with E-state index in [-0.39, 0.29) is 5.54 Å². The molecule has 0 aromatic carbocycles. The molecule has 2 rings (SSSR count). The van der Waals surface area contributed by atoms with Gasteiger partial charge in [-0.3, -0.25) is 4.79 Å². The molecule has 0 radical (unpaired) electrons. The molecule has 2 aliphatic rings. The summed E-state index contributed by atoms with van der Waals surface area (Å²) >= 11 is 0. The lowest BCUT2D eigenvalue weighted by Gasteiger charge is -2.36. The second-order valence-electron chi connectivity index (χ2n) is 5.24. The van der Waals surface area contributed by atoms with E-state index in [1.165, 1.54) is 12.8 Å². The molecule has 0 aromatic heterocycles. The van der Waals surface area contributed by atoms with E-state index in [0.717, 1.165) is 12.5 Å². The van der Waals surface area contributed by atoms with Crippen LogP contribution in [-0.2, 0) is 4.79 Å². The predicted molar refractivity (Wildman–Crippen MR) is 55.7 cm³/mol. The van der Waals surface area contributed by atoms with Gasteiger partial charge in [-0.1, -0.05) is 0 Å². The van der Waals surface area contributed by atoms with E-state index in [9.17, 15) is 4.79 Å². The molecule has 3 heteroatoms. The quantitative estimate of drug-likeness (QED) is 0.731. The molecule has 1 atom stereocenters. The summed E-state index contributed by atoms with van der Waals surface area (Å²) in [5, 5.41) is 0. The summed E-state index contributed by atoms with van der Waals surface area (Å²) in [5.41, 5.74) is 5.68. The number of likely N-dealkylation sites (tertiary alicyclic amines) is 1. The molecule has 80 valence electrons. The van der Waals surface area contributed by atoms with Gasteiger partial charge in [0.15, 0.2) is 0 Å². The number of nitrogens with two attached hydrogens (primary N) is 1. The minimum Gasteiger partial charge on any atom is -0.337 e. The zero-order valence-corrected chi connectivity index (χ0v) is 9.12. The first-order valence-corrected chi connectivity index (χ1v) is 5.56. The van der Waals surface area contributed by atoms with Crippen LogP contribution in [0.4, 0.5) is 0 Å². The molecular formula is C11H20N2O. The van der Waals surface area contributed by atoms with Crippen molar-refractivity contribution in [2.75, 3.05) is 13.1 Å². The average molecular weight is 196 g/mol. The maximum absolute atomic E-state index is 11.8. The lowest BCUT2D eigenvalue weighted by molar-refractivity contribution is -0.132. The van der Waals surface area contributed by atoms with Crippen LogP contribution in [0, 0.1) is 11.8 Å². The lowest BCUT2D eigenvalue weighted by atomic mass is 9.96. The number of nitrogens with zero attached hydrogens (tertiary/aromatic N) is 1. The molecular weight excluding hydrogens is 176 g/mol. The Balaban J connectivity index is 2.07. The van der Waals surface area contributed by atoms with Crippen LogP contribution in [-0.4, -0.2) is 29.4 Å². The molecule has 1 saturated carbocycles. The van der Waals surface area contributed by atoms with Crippen molar-refractivity contribution in [3.05, 3.63) is 0 Å². The SMILES string of the molecule is CC(C)(C1CC1)N1CC(CN)CC1=O. The zero-order chi connectivity index (χ0) is 10.3. The maximum Gasteiger partial charge on any atom is 0.223 e. The molecule has 0 bridgehead atoms. The Bertz CT molecular complexity index is 246. The molecule has 1 aliphatic heterocycles. The third-order valence-electron chi connectivity index (χ3n) is 3.81. The molecule has 2 fully saturated rings. The van der Waals surface area contributed by atoms with Crippen LogP contribution in [0.5, 0.6) is 0 Å². The lowest BCUT2D eigenvalue weighted by Crippen LogP contribution is -2.46. The van der Waals surface area contributed by atoms with Crippen LogP contribution in [0.15, 0.2) is 0 Å². The van der Waals surface area contributed by atoms with Crippen molar-refractivity contribution < 1.29 is 4.79 Å². The third-order valence-corrected chi connectivity index (χ3v) is 3.81. The van der Waals surface area contributed by atoms with Crippen molar-refractivity contribution in [2.24, 2.45) is 17.6 Å². The fraction of sp³-hybridized carbons (Fsp3) is 0.909. The fourth-order valence-corrected chi connectivity index (χ4v) is 2.51. The van der Waals surface area contributed by atoms with E-state index in [1.807, 2.05) is 0 Å². The molecule has 1 saturated heterocycles. The van der Waals surface area contributed by atoms with Crippen molar-refractivity contribution in [3.63, 3.8) is 0 Å². The Kier molecular flexibility index (Phi) is 2.30. The molecule has 0 aromatic rings. The number of carbonyl (C=O) groups is 1. The number of amides is 1. The highest BCUT2D eigenvalue weighted by Gasteiger charge is 2.46. The minimum absolute atomic E-state index is 0.0704. The second-order valence-corrected chi connectivity index (χ2v) is 5.24. The number of hydrogen-bond donors (Lipinski definition) is 1. The Morgan fingerprint density at radius 1 is 1.50 bits per heavy atom. The predicted octanol–water partition coefficient (Wildman–Crippen LogP) is 0.982. The molecule has 1 unspecified atom stereocenters. The Morgan fingerprint density at radius 2 is 2.14 bits per heavy atom. The van der Waals surface area contributed by atoms with E-state index >= 15 is 0 Å². The Morgan fingerprint density at radius 3 is 2.57 bits per heavy atom. The second kappa shape index (κ2) is 3.23. The summed E-state index contributed by atoms with van der Waals surface area (Å²) in [5.74, 6) is 1.42. The summed E-state index contributed by atoms with van der Waals surface area (Å²) in [4.78, 5) is 13.9. The molecule has 1 heterocycles. The van der Waals surface area contributed by atoms with Crippen molar-refractivity contribution in [2.45, 2.75) is 38.6 Å². The van der Waals surface area contributed by atoms with E-state index in [4.69, 9.17) is 5.73 Å². The highest BCUT2D eigenvalue weighted by molar-refractivity contribution is 5.79. The van der Waals surface area contributed by atoms with Gasteiger partial charge in [0.25, 0.3) is 0 Å². The van der Waals surface area contributed by atoms with Crippen LogP contribution in [0.3, 0.4) is 0 Å². The summed E-state index contributed by atoms with van der Waals surface area (Å²) in [7, 11) is 0. The van der Waals surface area contributed by atoms with Gasteiger partial charge < -0.3 is 10.6 Å². The van der Waals surface area contributed by atoms with Gasteiger partial charge in [0.2, 0.25) is 5.91 Å². The first-order chi connectivity index (χ1) is 6.55. The van der Waals surface area contributed by atoms with E-state index in [1.54, 1.807) is 0 Å². The standard InChI is InChI=1S/C11H20N2O/c1-11(2,9-3-4-9)13-7-8(6-12)5-10(13)14/h8-9H,3-7,12H2,1-2H3. The summed E-state index contributed by atoms with van der Waals surface area (Å²) in [6, 6.07) is 0. The molecule has 0 spiro atoms. The maximum atomic E-state index is 11.8. The van der Waals surface area contributed by atoms with E-state index in [2.05, 4.69) is 18.7 Å². The fourth-order valence-electron chi connectivity index (χ4n) is 2.51. The Labute approximate surface area is 85.6 Å². The van der Waals surface area contributed by atoms with Gasteiger partial charge in [-0.05, 0) is 45.1 Å². The number of carbonyl (C=O) groups excluding carboxylic acids is 1. The minimum atomic E-state index is 0.0704. The average Bonchev–Trinajstić information content (AvgIpc) is 2.90. The first-order valence-electron chi connectivity index (χ1n) is 5.56. The van der Waals surface area contributed by atoms with Gasteiger partial charge in [0.1, 0.15) is 0 Å². The van der Waals surface area contributed by atoms with Gasteiger partial charge >= 0.3 is 0 Å². The Hall–Kier alpha value is -0.570. The monoisotopic (exact) mass is 196 g/mol. The zero-order valence-electron chi connectivity index (χ0n) is 9.12. The summed E-state index contributed by atoms with van der Waals surface area (Å²) in [6.07, 6.45) is 3.22. The summed E-state index contributed by atoms with van der Waals surface area (Å²) in [6.45, 7) is 5.91.